The SMILES string of the molecule is COc1ccccc1S(=O)(=O)N1CC[C@H]1C(=O)O. The Balaban J connectivity index is 2.40. The van der Waals surface area contributed by atoms with E-state index in [4.69, 9.17) is 9.84 Å². The van der Waals surface area contributed by atoms with Crippen LogP contribution in [-0.4, -0.2) is 43.5 Å². The van der Waals surface area contributed by atoms with Gasteiger partial charge in [0.05, 0.1) is 7.11 Å². The van der Waals surface area contributed by atoms with Crippen LogP contribution in [0.1, 0.15) is 6.42 Å². The summed E-state index contributed by atoms with van der Waals surface area (Å²) < 4.78 is 30.6. The second kappa shape index (κ2) is 4.58. The Hall–Kier alpha value is -1.60. The molecule has 1 atom stereocenters. The van der Waals surface area contributed by atoms with Crippen LogP contribution in [0.5, 0.6) is 5.75 Å². The average Bonchev–Trinajstić information content (AvgIpc) is 2.26. The minimum absolute atomic E-state index is 0.00144. The highest BCUT2D eigenvalue weighted by Gasteiger charge is 2.43. The smallest absolute Gasteiger partial charge is 0.322 e. The van der Waals surface area contributed by atoms with Crippen molar-refractivity contribution in [3.63, 3.8) is 0 Å². The number of hydrogen-bond acceptors (Lipinski definition) is 4. The number of hydrogen-bond donors (Lipinski definition) is 1. The van der Waals surface area contributed by atoms with Gasteiger partial charge in [-0.05, 0) is 18.6 Å². The molecule has 0 spiro atoms. The Labute approximate surface area is 105 Å². The van der Waals surface area contributed by atoms with Crippen LogP contribution in [0.25, 0.3) is 0 Å². The van der Waals surface area contributed by atoms with Gasteiger partial charge in [-0.2, -0.15) is 4.31 Å². The van der Waals surface area contributed by atoms with Crippen LogP contribution >= 0.6 is 0 Å². The Kier molecular flexibility index (Phi) is 3.27. The quantitative estimate of drug-likeness (QED) is 0.864. The summed E-state index contributed by atoms with van der Waals surface area (Å²) in [5, 5.41) is 8.90. The molecule has 0 bridgehead atoms. The molecule has 1 aliphatic heterocycles. The lowest BCUT2D eigenvalue weighted by Gasteiger charge is -2.36. The van der Waals surface area contributed by atoms with Gasteiger partial charge in [0.1, 0.15) is 16.7 Å². The van der Waals surface area contributed by atoms with Gasteiger partial charge in [-0.3, -0.25) is 4.79 Å². The molecular formula is C11H13NO5S. The zero-order chi connectivity index (χ0) is 13.3. The van der Waals surface area contributed by atoms with E-state index in [1.165, 1.54) is 19.2 Å². The first kappa shape index (κ1) is 12.8. The molecule has 98 valence electrons. The molecular weight excluding hydrogens is 258 g/mol. The molecule has 1 saturated heterocycles. The van der Waals surface area contributed by atoms with E-state index in [0.717, 1.165) is 4.31 Å². The molecule has 0 amide bonds. The number of benzene rings is 1. The Morgan fingerprint density at radius 3 is 2.61 bits per heavy atom. The van der Waals surface area contributed by atoms with Crippen molar-refractivity contribution in [2.75, 3.05) is 13.7 Å². The van der Waals surface area contributed by atoms with Crippen molar-refractivity contribution in [2.45, 2.75) is 17.4 Å². The zero-order valence-corrected chi connectivity index (χ0v) is 10.6. The molecule has 0 saturated carbocycles. The highest BCUT2D eigenvalue weighted by molar-refractivity contribution is 7.89. The number of nitrogens with zero attached hydrogens (tertiary/aromatic N) is 1. The van der Waals surface area contributed by atoms with Gasteiger partial charge in [0.2, 0.25) is 10.0 Å². The lowest BCUT2D eigenvalue weighted by molar-refractivity contribution is -0.144. The first-order valence-corrected chi connectivity index (χ1v) is 6.80. The number of para-hydroxylation sites is 1. The molecule has 1 N–H and O–H groups in total. The maximum Gasteiger partial charge on any atom is 0.322 e. The van der Waals surface area contributed by atoms with E-state index in [0.29, 0.717) is 6.42 Å². The van der Waals surface area contributed by atoms with Gasteiger partial charge in [-0.1, -0.05) is 12.1 Å². The van der Waals surface area contributed by atoms with Crippen LogP contribution in [-0.2, 0) is 14.8 Å². The van der Waals surface area contributed by atoms with Crippen molar-refractivity contribution in [2.24, 2.45) is 0 Å². The van der Waals surface area contributed by atoms with Crippen LogP contribution in [0.2, 0.25) is 0 Å². The Bertz CT molecular complexity index is 569. The van der Waals surface area contributed by atoms with Crippen molar-refractivity contribution < 1.29 is 23.1 Å². The number of carboxylic acids is 1. The third kappa shape index (κ3) is 1.95. The third-order valence-electron chi connectivity index (χ3n) is 2.91. The van der Waals surface area contributed by atoms with Gasteiger partial charge >= 0.3 is 5.97 Å². The van der Waals surface area contributed by atoms with Gasteiger partial charge in [0.25, 0.3) is 0 Å². The molecule has 0 aliphatic carbocycles. The van der Waals surface area contributed by atoms with Crippen LogP contribution in [0.3, 0.4) is 0 Å². The fraction of sp³-hybridized carbons (Fsp3) is 0.364. The van der Waals surface area contributed by atoms with Crippen LogP contribution in [0.4, 0.5) is 0 Å². The summed E-state index contributed by atoms with van der Waals surface area (Å²) in [5.74, 6) is -0.909. The van der Waals surface area contributed by atoms with Gasteiger partial charge in [-0.15, -0.1) is 0 Å². The molecule has 7 heteroatoms. The van der Waals surface area contributed by atoms with E-state index in [1.54, 1.807) is 12.1 Å². The summed E-state index contributed by atoms with van der Waals surface area (Å²) in [5.41, 5.74) is 0. The topological polar surface area (TPSA) is 83.9 Å². The largest absolute Gasteiger partial charge is 0.495 e. The second-order valence-corrected chi connectivity index (χ2v) is 5.77. The van der Waals surface area contributed by atoms with E-state index < -0.39 is 22.0 Å². The summed E-state index contributed by atoms with van der Waals surface area (Å²) in [6.07, 6.45) is 0.337. The monoisotopic (exact) mass is 271 g/mol. The summed E-state index contributed by atoms with van der Waals surface area (Å²) in [4.78, 5) is 10.9. The molecule has 1 aliphatic rings. The van der Waals surface area contributed by atoms with E-state index >= 15 is 0 Å². The fourth-order valence-corrected chi connectivity index (χ4v) is 3.64. The Morgan fingerprint density at radius 2 is 2.11 bits per heavy atom. The third-order valence-corrected chi connectivity index (χ3v) is 4.86. The van der Waals surface area contributed by atoms with E-state index in [-0.39, 0.29) is 17.2 Å². The second-order valence-electron chi connectivity index (χ2n) is 3.91. The standard InChI is InChI=1S/C11H13NO5S/c1-17-9-4-2-3-5-10(9)18(15,16)12-7-6-8(12)11(13)14/h2-5,8H,6-7H2,1H3,(H,13,14)/t8-/m0/s1. The van der Waals surface area contributed by atoms with Crippen LogP contribution in [0.15, 0.2) is 29.2 Å². The van der Waals surface area contributed by atoms with E-state index in [9.17, 15) is 13.2 Å². The minimum Gasteiger partial charge on any atom is -0.495 e. The van der Waals surface area contributed by atoms with Crippen molar-refractivity contribution in [3.8, 4) is 5.75 Å². The van der Waals surface area contributed by atoms with Crippen molar-refractivity contribution in [1.29, 1.82) is 0 Å². The molecule has 1 fully saturated rings. The van der Waals surface area contributed by atoms with E-state index in [1.807, 2.05) is 0 Å². The van der Waals surface area contributed by atoms with Gasteiger partial charge in [0, 0.05) is 6.54 Å². The lowest BCUT2D eigenvalue weighted by atomic mass is 10.1. The van der Waals surface area contributed by atoms with Crippen LogP contribution < -0.4 is 4.74 Å². The summed E-state index contributed by atoms with van der Waals surface area (Å²) in [7, 11) is -2.44. The van der Waals surface area contributed by atoms with Crippen molar-refractivity contribution >= 4 is 16.0 Å². The number of sulfonamides is 1. The fourth-order valence-electron chi connectivity index (χ4n) is 1.86. The van der Waals surface area contributed by atoms with Crippen molar-refractivity contribution in [1.82, 2.24) is 4.31 Å². The number of carboxylic acid groups (broad SMARTS) is 1. The number of aliphatic carboxylic acids is 1. The predicted molar refractivity (Wildman–Crippen MR) is 62.9 cm³/mol. The normalized spacial score (nSPS) is 20.2. The molecule has 1 aromatic carbocycles. The first-order valence-electron chi connectivity index (χ1n) is 5.36. The van der Waals surface area contributed by atoms with Gasteiger partial charge in [0.15, 0.2) is 0 Å². The van der Waals surface area contributed by atoms with Gasteiger partial charge < -0.3 is 9.84 Å². The number of carbonyl (C=O) groups is 1. The molecule has 1 aromatic rings. The van der Waals surface area contributed by atoms with E-state index in [2.05, 4.69) is 0 Å². The average molecular weight is 271 g/mol. The summed E-state index contributed by atoms with van der Waals surface area (Å²) in [6.45, 7) is 0.220. The summed E-state index contributed by atoms with van der Waals surface area (Å²) >= 11 is 0. The number of rotatable bonds is 4. The maximum absolute atomic E-state index is 12.3. The zero-order valence-electron chi connectivity index (χ0n) is 9.74. The maximum atomic E-state index is 12.3. The minimum atomic E-state index is -3.81. The lowest BCUT2D eigenvalue weighted by Crippen LogP contribution is -2.54. The summed E-state index contributed by atoms with van der Waals surface area (Å²) in [6, 6.07) is 5.20. The molecule has 1 heterocycles. The Morgan fingerprint density at radius 1 is 1.44 bits per heavy atom. The predicted octanol–water partition coefficient (Wildman–Crippen LogP) is 0.543. The molecule has 2 rings (SSSR count). The molecule has 0 aromatic heterocycles. The van der Waals surface area contributed by atoms with Gasteiger partial charge in [-0.25, -0.2) is 8.42 Å². The highest BCUT2D eigenvalue weighted by atomic mass is 32.2. The molecule has 0 radical (unpaired) electrons. The molecule has 18 heavy (non-hydrogen) atoms. The first-order chi connectivity index (χ1) is 8.48. The van der Waals surface area contributed by atoms with Crippen LogP contribution in [0, 0.1) is 0 Å². The number of methoxy groups -OCH3 is 1. The highest BCUT2D eigenvalue weighted by Crippen LogP contribution is 2.31. The molecule has 6 nitrogen and oxygen atoms in total. The van der Waals surface area contributed by atoms with Crippen molar-refractivity contribution in [3.05, 3.63) is 24.3 Å². The number of ether oxygens (including phenoxy) is 1. The molecule has 0 unspecified atom stereocenters.